The Morgan fingerprint density at radius 2 is 2.06 bits per heavy atom. The highest BCUT2D eigenvalue weighted by Crippen LogP contribution is 2.09. The van der Waals surface area contributed by atoms with Crippen molar-refractivity contribution >= 4 is 11.8 Å². The second kappa shape index (κ2) is 7.84. The van der Waals surface area contributed by atoms with Gasteiger partial charge in [-0.25, -0.2) is 4.98 Å². The van der Waals surface area contributed by atoms with Crippen LogP contribution in [0.3, 0.4) is 0 Å². The number of nitrogens with zero attached hydrogens (tertiary/aromatic N) is 2. The summed E-state index contributed by atoms with van der Waals surface area (Å²) in [5, 5.41) is 6.41. The SMILES string of the molecule is CCNc1nc(C)cc(NCCCCOC)n1. The fourth-order valence-electron chi connectivity index (χ4n) is 1.48. The maximum Gasteiger partial charge on any atom is 0.224 e. The number of unbranched alkanes of at least 4 members (excludes halogenated alkanes) is 1. The summed E-state index contributed by atoms with van der Waals surface area (Å²) in [7, 11) is 1.73. The molecule has 0 saturated carbocycles. The van der Waals surface area contributed by atoms with Crippen molar-refractivity contribution in [2.24, 2.45) is 0 Å². The fraction of sp³-hybridized carbons (Fsp3) is 0.667. The molecule has 0 radical (unpaired) electrons. The summed E-state index contributed by atoms with van der Waals surface area (Å²) < 4.78 is 5.00. The molecule has 0 atom stereocenters. The van der Waals surface area contributed by atoms with Crippen LogP contribution in [-0.2, 0) is 4.74 Å². The first-order chi connectivity index (χ1) is 8.26. The number of anilines is 2. The molecule has 2 N–H and O–H groups in total. The van der Waals surface area contributed by atoms with Crippen molar-refractivity contribution in [3.05, 3.63) is 11.8 Å². The van der Waals surface area contributed by atoms with E-state index in [1.165, 1.54) is 0 Å². The molecular formula is C12H22N4O. The van der Waals surface area contributed by atoms with Crippen LogP contribution in [0, 0.1) is 6.92 Å². The topological polar surface area (TPSA) is 59.1 Å². The van der Waals surface area contributed by atoms with Gasteiger partial charge in [0.25, 0.3) is 0 Å². The van der Waals surface area contributed by atoms with Crippen LogP contribution >= 0.6 is 0 Å². The third kappa shape index (κ3) is 5.49. The lowest BCUT2D eigenvalue weighted by Gasteiger charge is -2.08. The minimum absolute atomic E-state index is 0.687. The zero-order valence-corrected chi connectivity index (χ0v) is 10.9. The molecular weight excluding hydrogens is 216 g/mol. The fourth-order valence-corrected chi connectivity index (χ4v) is 1.48. The van der Waals surface area contributed by atoms with Crippen molar-refractivity contribution in [3.63, 3.8) is 0 Å². The van der Waals surface area contributed by atoms with Gasteiger partial charge in [-0.3, -0.25) is 0 Å². The molecule has 17 heavy (non-hydrogen) atoms. The highest BCUT2D eigenvalue weighted by atomic mass is 16.5. The molecule has 0 bridgehead atoms. The molecule has 1 heterocycles. The maximum absolute atomic E-state index is 5.00. The summed E-state index contributed by atoms with van der Waals surface area (Å²) in [4.78, 5) is 8.68. The normalized spacial score (nSPS) is 10.3. The van der Waals surface area contributed by atoms with Gasteiger partial charge in [0.05, 0.1) is 0 Å². The Hall–Kier alpha value is -1.36. The largest absolute Gasteiger partial charge is 0.385 e. The highest BCUT2D eigenvalue weighted by molar-refractivity contribution is 5.41. The molecule has 96 valence electrons. The molecule has 0 aliphatic heterocycles. The predicted molar refractivity (Wildman–Crippen MR) is 70.5 cm³/mol. The van der Waals surface area contributed by atoms with E-state index in [1.807, 2.05) is 19.9 Å². The van der Waals surface area contributed by atoms with Gasteiger partial charge in [-0.15, -0.1) is 0 Å². The van der Waals surface area contributed by atoms with Gasteiger partial charge in [-0.2, -0.15) is 4.98 Å². The number of hydrogen-bond acceptors (Lipinski definition) is 5. The van der Waals surface area contributed by atoms with Gasteiger partial charge in [0.15, 0.2) is 0 Å². The number of methoxy groups -OCH3 is 1. The van der Waals surface area contributed by atoms with Crippen LogP contribution in [-0.4, -0.2) is 36.8 Å². The van der Waals surface area contributed by atoms with Crippen molar-refractivity contribution in [3.8, 4) is 0 Å². The van der Waals surface area contributed by atoms with Crippen LogP contribution in [0.2, 0.25) is 0 Å². The van der Waals surface area contributed by atoms with E-state index in [4.69, 9.17) is 4.74 Å². The van der Waals surface area contributed by atoms with E-state index in [9.17, 15) is 0 Å². The zero-order chi connectivity index (χ0) is 12.5. The molecule has 0 aliphatic rings. The second-order valence-corrected chi connectivity index (χ2v) is 3.88. The number of nitrogens with one attached hydrogen (secondary N) is 2. The van der Waals surface area contributed by atoms with E-state index in [0.29, 0.717) is 5.95 Å². The molecule has 0 aromatic carbocycles. The average Bonchev–Trinajstić information content (AvgIpc) is 2.28. The lowest BCUT2D eigenvalue weighted by molar-refractivity contribution is 0.194. The van der Waals surface area contributed by atoms with Crippen LogP contribution < -0.4 is 10.6 Å². The van der Waals surface area contributed by atoms with Crippen LogP contribution in [0.4, 0.5) is 11.8 Å². The molecule has 0 amide bonds. The van der Waals surface area contributed by atoms with Gasteiger partial charge < -0.3 is 15.4 Å². The van der Waals surface area contributed by atoms with Crippen molar-refractivity contribution < 1.29 is 4.74 Å². The molecule has 1 aromatic rings. The van der Waals surface area contributed by atoms with Gasteiger partial charge in [0, 0.05) is 38.6 Å². The molecule has 0 spiro atoms. The average molecular weight is 238 g/mol. The van der Waals surface area contributed by atoms with E-state index < -0.39 is 0 Å². The van der Waals surface area contributed by atoms with Crippen molar-refractivity contribution in [2.45, 2.75) is 26.7 Å². The van der Waals surface area contributed by atoms with Crippen LogP contribution in [0.15, 0.2) is 6.07 Å². The highest BCUT2D eigenvalue weighted by Gasteiger charge is 2.00. The van der Waals surface area contributed by atoms with Gasteiger partial charge in [0.2, 0.25) is 5.95 Å². The lowest BCUT2D eigenvalue weighted by Crippen LogP contribution is -2.08. The lowest BCUT2D eigenvalue weighted by atomic mass is 10.3. The third-order valence-corrected chi connectivity index (χ3v) is 2.27. The van der Waals surface area contributed by atoms with Gasteiger partial charge in [-0.1, -0.05) is 0 Å². The van der Waals surface area contributed by atoms with Gasteiger partial charge >= 0.3 is 0 Å². The van der Waals surface area contributed by atoms with E-state index in [2.05, 4.69) is 20.6 Å². The number of hydrogen-bond donors (Lipinski definition) is 2. The van der Waals surface area contributed by atoms with Crippen molar-refractivity contribution in [1.82, 2.24) is 9.97 Å². The summed E-state index contributed by atoms with van der Waals surface area (Å²) in [6, 6.07) is 1.96. The van der Waals surface area contributed by atoms with Crippen LogP contribution in [0.25, 0.3) is 0 Å². The predicted octanol–water partition coefficient (Wildman–Crippen LogP) is 2.06. The Kier molecular flexibility index (Phi) is 6.32. The molecule has 0 unspecified atom stereocenters. The maximum atomic E-state index is 5.00. The molecule has 1 rings (SSSR count). The summed E-state index contributed by atoms with van der Waals surface area (Å²) in [6.45, 7) is 6.55. The van der Waals surface area contributed by atoms with E-state index in [1.54, 1.807) is 7.11 Å². The number of aryl methyl sites for hydroxylation is 1. The van der Waals surface area contributed by atoms with E-state index in [-0.39, 0.29) is 0 Å². The first-order valence-electron chi connectivity index (χ1n) is 6.08. The third-order valence-electron chi connectivity index (χ3n) is 2.27. The molecule has 0 aliphatic carbocycles. The monoisotopic (exact) mass is 238 g/mol. The Morgan fingerprint density at radius 1 is 1.24 bits per heavy atom. The first kappa shape index (κ1) is 13.7. The van der Waals surface area contributed by atoms with E-state index in [0.717, 1.165) is 44.0 Å². The summed E-state index contributed by atoms with van der Waals surface area (Å²) in [6.07, 6.45) is 2.14. The molecule has 1 aromatic heterocycles. The quantitative estimate of drug-likeness (QED) is 0.679. The summed E-state index contributed by atoms with van der Waals surface area (Å²) >= 11 is 0. The Bertz CT molecular complexity index is 330. The minimum Gasteiger partial charge on any atom is -0.385 e. The molecule has 0 saturated heterocycles. The molecule has 5 heteroatoms. The van der Waals surface area contributed by atoms with Crippen LogP contribution in [0.5, 0.6) is 0 Å². The first-order valence-corrected chi connectivity index (χ1v) is 6.08. The van der Waals surface area contributed by atoms with Crippen molar-refractivity contribution in [1.29, 1.82) is 0 Å². The second-order valence-electron chi connectivity index (χ2n) is 3.88. The minimum atomic E-state index is 0.687. The van der Waals surface area contributed by atoms with E-state index >= 15 is 0 Å². The zero-order valence-electron chi connectivity index (χ0n) is 10.9. The Labute approximate surface area is 103 Å². The molecule has 0 fully saturated rings. The summed E-state index contributed by atoms with van der Waals surface area (Å²) in [5.74, 6) is 1.57. The Balaban J connectivity index is 2.41. The number of aromatic nitrogens is 2. The van der Waals surface area contributed by atoms with Gasteiger partial charge in [0.1, 0.15) is 5.82 Å². The number of rotatable bonds is 8. The molecule has 5 nitrogen and oxygen atoms in total. The summed E-state index contributed by atoms with van der Waals surface area (Å²) in [5.41, 5.74) is 0.968. The number of ether oxygens (including phenoxy) is 1. The van der Waals surface area contributed by atoms with Gasteiger partial charge in [-0.05, 0) is 26.7 Å². The van der Waals surface area contributed by atoms with Crippen molar-refractivity contribution in [2.75, 3.05) is 37.4 Å². The van der Waals surface area contributed by atoms with Crippen LogP contribution in [0.1, 0.15) is 25.5 Å². The smallest absolute Gasteiger partial charge is 0.224 e. The Morgan fingerprint density at radius 3 is 2.76 bits per heavy atom. The standard InChI is InChI=1S/C12H22N4O/c1-4-13-12-15-10(2)9-11(16-12)14-7-5-6-8-17-3/h9H,4-8H2,1-3H3,(H2,13,14,15,16).